The van der Waals surface area contributed by atoms with E-state index >= 15 is 0 Å². The van der Waals surface area contributed by atoms with Gasteiger partial charge in [-0.25, -0.2) is 4.98 Å². The zero-order valence-electron chi connectivity index (χ0n) is 19.4. The Kier molecular flexibility index (Phi) is 8.23. The Morgan fingerprint density at radius 1 is 1.34 bits per heavy atom. The lowest BCUT2D eigenvalue weighted by molar-refractivity contribution is -0.134. The van der Waals surface area contributed by atoms with Gasteiger partial charge in [-0.2, -0.15) is 0 Å². The molecule has 0 N–H and O–H groups in total. The number of likely N-dealkylation sites (tertiary alicyclic amines) is 1. The minimum Gasteiger partial charge on any atom is -0.475 e. The third-order valence-electron chi connectivity index (χ3n) is 5.52. The number of aliphatic imine (C=N–C) groups is 1. The van der Waals surface area contributed by atoms with Gasteiger partial charge in [0.2, 0.25) is 11.8 Å². The predicted octanol–water partition coefficient (Wildman–Crippen LogP) is 5.27. The lowest BCUT2D eigenvalue weighted by atomic mass is 9.91. The number of pyridine rings is 1. The third-order valence-corrected chi connectivity index (χ3v) is 5.52. The van der Waals surface area contributed by atoms with Crippen molar-refractivity contribution in [1.29, 1.82) is 0 Å². The van der Waals surface area contributed by atoms with Crippen LogP contribution in [0.4, 0.5) is 0 Å². The molecule has 1 saturated heterocycles. The maximum atomic E-state index is 12.8. The van der Waals surface area contributed by atoms with Gasteiger partial charge in [-0.05, 0) is 51.0 Å². The molecule has 3 unspecified atom stereocenters. The lowest BCUT2D eigenvalue weighted by Gasteiger charge is -2.30. The normalized spacial score (nSPS) is 19.9. The van der Waals surface area contributed by atoms with E-state index in [1.54, 1.807) is 6.20 Å². The van der Waals surface area contributed by atoms with Crippen molar-refractivity contribution in [1.82, 2.24) is 9.88 Å². The van der Waals surface area contributed by atoms with Crippen LogP contribution in [0.15, 0.2) is 23.3 Å². The Balaban J connectivity index is 2.17. The molecular formula is C24H39N3O2. The van der Waals surface area contributed by atoms with Crippen molar-refractivity contribution in [2.45, 2.75) is 98.8 Å². The van der Waals surface area contributed by atoms with Crippen molar-refractivity contribution in [2.24, 2.45) is 10.4 Å². The van der Waals surface area contributed by atoms with Gasteiger partial charge in [0.1, 0.15) is 0 Å². The molecule has 1 amide bonds. The van der Waals surface area contributed by atoms with Crippen LogP contribution < -0.4 is 4.74 Å². The molecular weight excluding hydrogens is 362 g/mol. The van der Waals surface area contributed by atoms with Gasteiger partial charge in [-0.1, -0.05) is 34.6 Å². The Morgan fingerprint density at radius 3 is 2.69 bits per heavy atom. The van der Waals surface area contributed by atoms with Crippen LogP contribution in [0.3, 0.4) is 0 Å². The summed E-state index contributed by atoms with van der Waals surface area (Å²) in [6.07, 6.45) is 6.37. The number of carbonyl (C=O) groups is 1. The molecule has 1 aromatic heterocycles. The van der Waals surface area contributed by atoms with Crippen LogP contribution in [0.1, 0.15) is 86.1 Å². The smallest absolute Gasteiger partial charge is 0.223 e. The molecule has 29 heavy (non-hydrogen) atoms. The number of aromatic nitrogens is 1. The number of amides is 1. The molecule has 0 aliphatic carbocycles. The molecule has 5 heteroatoms. The molecule has 0 aromatic carbocycles. The summed E-state index contributed by atoms with van der Waals surface area (Å²) in [4.78, 5) is 24.3. The molecule has 5 nitrogen and oxygen atoms in total. The maximum Gasteiger partial charge on any atom is 0.223 e. The Hall–Kier alpha value is -1.91. The van der Waals surface area contributed by atoms with Crippen LogP contribution in [0.5, 0.6) is 5.88 Å². The van der Waals surface area contributed by atoms with Crippen molar-refractivity contribution < 1.29 is 9.53 Å². The highest BCUT2D eigenvalue weighted by Gasteiger charge is 2.34. The van der Waals surface area contributed by atoms with E-state index in [4.69, 9.17) is 9.73 Å². The Morgan fingerprint density at radius 2 is 2.07 bits per heavy atom. The SMILES string of the molecule is CCC(=NC(C)C1CCCN1C(=O)CC(C)(C)C)c1ccnc(OC(C)CC)c1. The number of rotatable bonds is 8. The summed E-state index contributed by atoms with van der Waals surface area (Å²) >= 11 is 0. The minimum absolute atomic E-state index is 0.00831. The van der Waals surface area contributed by atoms with Gasteiger partial charge in [0.05, 0.1) is 18.2 Å². The molecule has 1 aliphatic rings. The summed E-state index contributed by atoms with van der Waals surface area (Å²) in [5.74, 6) is 0.904. The second kappa shape index (κ2) is 10.2. The fourth-order valence-corrected chi connectivity index (χ4v) is 3.80. The van der Waals surface area contributed by atoms with Gasteiger partial charge < -0.3 is 9.64 Å². The number of carbonyl (C=O) groups excluding carboxylic acids is 1. The van der Waals surface area contributed by atoms with Crippen LogP contribution >= 0.6 is 0 Å². The van der Waals surface area contributed by atoms with E-state index in [0.717, 1.165) is 43.5 Å². The molecule has 0 spiro atoms. The lowest BCUT2D eigenvalue weighted by Crippen LogP contribution is -2.42. The van der Waals surface area contributed by atoms with Crippen LogP contribution in [0.25, 0.3) is 0 Å². The second-order valence-corrected chi connectivity index (χ2v) is 9.42. The Labute approximate surface area is 177 Å². The maximum absolute atomic E-state index is 12.8. The van der Waals surface area contributed by atoms with Gasteiger partial charge in [0, 0.05) is 36.5 Å². The van der Waals surface area contributed by atoms with Crippen molar-refractivity contribution >= 4 is 11.6 Å². The summed E-state index contributed by atoms with van der Waals surface area (Å²) in [6.45, 7) is 15.6. The number of nitrogens with zero attached hydrogens (tertiary/aromatic N) is 3. The highest BCUT2D eigenvalue weighted by molar-refractivity contribution is 6.00. The standard InChI is InChI=1S/C24H39N3O2/c1-8-17(3)29-22-15-19(12-13-25-22)20(9-2)26-18(4)21-11-10-14-27(21)23(28)16-24(5,6)7/h12-13,15,17-18,21H,8-11,14,16H2,1-7H3. The van der Waals surface area contributed by atoms with Crippen LogP contribution in [-0.4, -0.2) is 46.2 Å². The van der Waals surface area contributed by atoms with E-state index < -0.39 is 0 Å². The molecule has 1 aromatic rings. The average molecular weight is 402 g/mol. The van der Waals surface area contributed by atoms with Gasteiger partial charge in [0.25, 0.3) is 0 Å². The highest BCUT2D eigenvalue weighted by atomic mass is 16.5. The highest BCUT2D eigenvalue weighted by Crippen LogP contribution is 2.27. The molecule has 162 valence electrons. The first-order chi connectivity index (χ1) is 13.6. The summed E-state index contributed by atoms with van der Waals surface area (Å²) < 4.78 is 5.88. The third kappa shape index (κ3) is 6.83. The van der Waals surface area contributed by atoms with Crippen molar-refractivity contribution in [2.75, 3.05) is 6.54 Å². The van der Waals surface area contributed by atoms with E-state index in [2.05, 4.69) is 58.4 Å². The first-order valence-corrected chi connectivity index (χ1v) is 11.1. The average Bonchev–Trinajstić information content (AvgIpc) is 3.15. The zero-order valence-corrected chi connectivity index (χ0v) is 19.4. The van der Waals surface area contributed by atoms with E-state index in [-0.39, 0.29) is 29.5 Å². The molecule has 2 heterocycles. The summed E-state index contributed by atoms with van der Waals surface area (Å²) in [6, 6.07) is 4.24. The van der Waals surface area contributed by atoms with Gasteiger partial charge in [-0.3, -0.25) is 9.79 Å². The van der Waals surface area contributed by atoms with Gasteiger partial charge >= 0.3 is 0 Å². The van der Waals surface area contributed by atoms with E-state index in [0.29, 0.717) is 12.3 Å². The van der Waals surface area contributed by atoms with Crippen LogP contribution in [-0.2, 0) is 4.79 Å². The fraction of sp³-hybridized carbons (Fsp3) is 0.708. The zero-order chi connectivity index (χ0) is 21.6. The summed E-state index contributed by atoms with van der Waals surface area (Å²) in [7, 11) is 0. The van der Waals surface area contributed by atoms with Crippen molar-refractivity contribution in [3.05, 3.63) is 23.9 Å². The van der Waals surface area contributed by atoms with Crippen LogP contribution in [0, 0.1) is 5.41 Å². The fourth-order valence-electron chi connectivity index (χ4n) is 3.80. The van der Waals surface area contributed by atoms with Crippen LogP contribution in [0.2, 0.25) is 0 Å². The van der Waals surface area contributed by atoms with Gasteiger partial charge in [0.15, 0.2) is 0 Å². The quantitative estimate of drug-likeness (QED) is 0.557. The predicted molar refractivity (Wildman–Crippen MR) is 120 cm³/mol. The first kappa shape index (κ1) is 23.4. The Bertz CT molecular complexity index is 708. The second-order valence-electron chi connectivity index (χ2n) is 9.42. The monoisotopic (exact) mass is 401 g/mol. The number of hydrogen-bond donors (Lipinski definition) is 0. The molecule has 1 fully saturated rings. The van der Waals surface area contributed by atoms with E-state index in [9.17, 15) is 4.79 Å². The van der Waals surface area contributed by atoms with Crippen molar-refractivity contribution in [3.63, 3.8) is 0 Å². The first-order valence-electron chi connectivity index (χ1n) is 11.1. The number of hydrogen-bond acceptors (Lipinski definition) is 4. The summed E-state index contributed by atoms with van der Waals surface area (Å²) in [5, 5.41) is 0. The van der Waals surface area contributed by atoms with E-state index in [1.165, 1.54) is 0 Å². The summed E-state index contributed by atoms with van der Waals surface area (Å²) in [5.41, 5.74) is 2.11. The largest absolute Gasteiger partial charge is 0.475 e. The molecule has 3 atom stereocenters. The van der Waals surface area contributed by atoms with Gasteiger partial charge in [-0.15, -0.1) is 0 Å². The molecule has 0 bridgehead atoms. The molecule has 0 saturated carbocycles. The molecule has 0 radical (unpaired) electrons. The molecule has 2 rings (SSSR count). The number of ether oxygens (including phenoxy) is 1. The minimum atomic E-state index is 0.00831. The van der Waals surface area contributed by atoms with E-state index in [1.807, 2.05) is 12.1 Å². The van der Waals surface area contributed by atoms with Crippen molar-refractivity contribution in [3.8, 4) is 5.88 Å². The molecule has 1 aliphatic heterocycles. The topological polar surface area (TPSA) is 54.8 Å².